The van der Waals surface area contributed by atoms with Gasteiger partial charge in [-0.25, -0.2) is 0 Å². The molecule has 1 unspecified atom stereocenters. The quantitative estimate of drug-likeness (QED) is 0.587. The molecule has 0 spiro atoms. The van der Waals surface area contributed by atoms with Crippen molar-refractivity contribution in [2.24, 2.45) is 0 Å². The third kappa shape index (κ3) is 3.19. The Labute approximate surface area is 145 Å². The minimum atomic E-state index is -0.317. The second-order valence-corrected chi connectivity index (χ2v) is 6.60. The highest BCUT2D eigenvalue weighted by Crippen LogP contribution is 2.34. The number of nitrogens with zero attached hydrogens (tertiary/aromatic N) is 4. The number of carbonyl (C=O) groups is 1. The Morgan fingerprint density at radius 3 is 2.71 bits per heavy atom. The summed E-state index contributed by atoms with van der Waals surface area (Å²) in [6.45, 7) is 6.02. The molecule has 0 saturated carbocycles. The number of hydrogen-bond acceptors (Lipinski definition) is 7. The molecule has 1 atom stereocenters. The van der Waals surface area contributed by atoms with Crippen molar-refractivity contribution in [3.8, 4) is 5.75 Å². The number of anilines is 2. The molecule has 1 aliphatic heterocycles. The van der Waals surface area contributed by atoms with Gasteiger partial charge in [-0.1, -0.05) is 11.8 Å². The van der Waals surface area contributed by atoms with Gasteiger partial charge in [0.25, 0.3) is 0 Å². The summed E-state index contributed by atoms with van der Waals surface area (Å²) in [5, 5.41) is 8.92. The summed E-state index contributed by atoms with van der Waals surface area (Å²) in [5.41, 5.74) is 1.04. The average molecular weight is 348 g/mol. The van der Waals surface area contributed by atoms with Crippen molar-refractivity contribution in [1.29, 1.82) is 0 Å². The molecular weight excluding hydrogens is 328 g/mol. The van der Waals surface area contributed by atoms with Crippen molar-refractivity contribution in [2.75, 3.05) is 25.2 Å². The molecular formula is C16H20N4O3S. The highest BCUT2D eigenvalue weighted by atomic mass is 32.2. The summed E-state index contributed by atoms with van der Waals surface area (Å²) < 4.78 is 12.3. The lowest BCUT2D eigenvalue weighted by Gasteiger charge is -2.15. The molecule has 1 aromatic heterocycles. The highest BCUT2D eigenvalue weighted by molar-refractivity contribution is 8.00. The first-order valence-corrected chi connectivity index (χ1v) is 8.70. The largest absolute Gasteiger partial charge is 0.494 e. The van der Waals surface area contributed by atoms with Crippen LogP contribution in [0.25, 0.3) is 0 Å². The molecule has 8 heteroatoms. The van der Waals surface area contributed by atoms with Gasteiger partial charge in [-0.15, -0.1) is 10.2 Å². The number of carbonyl (C=O) groups excluding carboxylic acids is 1. The topological polar surface area (TPSA) is 69.5 Å². The molecule has 0 bridgehead atoms. The van der Waals surface area contributed by atoms with E-state index in [4.69, 9.17) is 9.47 Å². The van der Waals surface area contributed by atoms with Gasteiger partial charge >= 0.3 is 5.97 Å². The van der Waals surface area contributed by atoms with Crippen molar-refractivity contribution in [3.05, 3.63) is 24.3 Å². The molecule has 3 rings (SSSR count). The number of rotatable bonds is 6. The van der Waals surface area contributed by atoms with Crippen LogP contribution in [0, 0.1) is 0 Å². The van der Waals surface area contributed by atoms with Gasteiger partial charge in [0.15, 0.2) is 5.16 Å². The second kappa shape index (κ2) is 7.12. The zero-order chi connectivity index (χ0) is 17.1. The van der Waals surface area contributed by atoms with Gasteiger partial charge < -0.3 is 14.4 Å². The molecule has 0 fully saturated rings. The highest BCUT2D eigenvalue weighted by Gasteiger charge is 2.28. The third-order valence-electron chi connectivity index (χ3n) is 3.76. The molecule has 0 N–H and O–H groups in total. The first-order chi connectivity index (χ1) is 11.6. The van der Waals surface area contributed by atoms with E-state index in [1.54, 1.807) is 6.92 Å². The third-order valence-corrected chi connectivity index (χ3v) is 4.82. The average Bonchev–Trinajstić information content (AvgIpc) is 3.18. The van der Waals surface area contributed by atoms with Crippen molar-refractivity contribution in [3.63, 3.8) is 0 Å². The Hall–Kier alpha value is -2.22. The molecule has 1 aromatic carbocycles. The van der Waals surface area contributed by atoms with Gasteiger partial charge in [0, 0.05) is 18.8 Å². The zero-order valence-corrected chi connectivity index (χ0v) is 14.7. The molecule has 2 aromatic rings. The van der Waals surface area contributed by atoms with Crippen LogP contribution in [0.5, 0.6) is 5.75 Å². The maximum Gasteiger partial charge on any atom is 0.318 e. The summed E-state index contributed by atoms with van der Waals surface area (Å²) in [6.07, 6.45) is 0. The Morgan fingerprint density at radius 2 is 2.04 bits per heavy atom. The number of hydrogen-bond donors (Lipinski definition) is 0. The number of methoxy groups -OCH3 is 1. The summed E-state index contributed by atoms with van der Waals surface area (Å²) in [4.78, 5) is 13.7. The van der Waals surface area contributed by atoms with E-state index in [1.807, 2.05) is 35.8 Å². The van der Waals surface area contributed by atoms with Gasteiger partial charge in [-0.2, -0.15) is 0 Å². The van der Waals surface area contributed by atoms with Crippen molar-refractivity contribution >= 4 is 29.4 Å². The van der Waals surface area contributed by atoms with E-state index in [2.05, 4.69) is 15.1 Å². The van der Waals surface area contributed by atoms with E-state index in [0.717, 1.165) is 35.6 Å². The van der Waals surface area contributed by atoms with Crippen molar-refractivity contribution < 1.29 is 14.3 Å². The predicted molar refractivity (Wildman–Crippen MR) is 92.0 cm³/mol. The number of esters is 1. The summed E-state index contributed by atoms with van der Waals surface area (Å²) in [7, 11) is 1.39. The van der Waals surface area contributed by atoms with Gasteiger partial charge in [0.05, 0.1) is 13.7 Å². The van der Waals surface area contributed by atoms with E-state index >= 15 is 0 Å². The maximum atomic E-state index is 11.6. The lowest BCUT2D eigenvalue weighted by molar-refractivity contribution is -0.139. The van der Waals surface area contributed by atoms with Crippen molar-refractivity contribution in [1.82, 2.24) is 14.8 Å². The Balaban J connectivity index is 1.77. The predicted octanol–water partition coefficient (Wildman–Crippen LogP) is 2.48. The van der Waals surface area contributed by atoms with Crippen LogP contribution in [0.15, 0.2) is 29.4 Å². The molecule has 1 aliphatic rings. The Morgan fingerprint density at radius 1 is 1.29 bits per heavy atom. The molecule has 0 amide bonds. The van der Waals surface area contributed by atoms with Crippen LogP contribution in [0.2, 0.25) is 0 Å². The summed E-state index contributed by atoms with van der Waals surface area (Å²) in [6, 6.07) is 7.93. The number of ether oxygens (including phenoxy) is 2. The molecule has 0 saturated heterocycles. The molecule has 0 radical (unpaired) electrons. The summed E-state index contributed by atoms with van der Waals surface area (Å²) in [5.74, 6) is 1.38. The maximum absolute atomic E-state index is 11.6. The van der Waals surface area contributed by atoms with Crippen LogP contribution < -0.4 is 9.64 Å². The van der Waals surface area contributed by atoms with Crippen LogP contribution in [0.1, 0.15) is 13.8 Å². The number of fused-ring (bicyclic) bond motifs is 1. The van der Waals surface area contributed by atoms with Crippen LogP contribution in [0.3, 0.4) is 0 Å². The molecule has 24 heavy (non-hydrogen) atoms. The van der Waals surface area contributed by atoms with E-state index in [1.165, 1.54) is 18.9 Å². The second-order valence-electron chi connectivity index (χ2n) is 5.30. The Kier molecular flexibility index (Phi) is 4.94. The van der Waals surface area contributed by atoms with E-state index in [-0.39, 0.29) is 11.2 Å². The number of thioether (sulfide) groups is 1. The van der Waals surface area contributed by atoms with Gasteiger partial charge in [0.1, 0.15) is 11.0 Å². The molecule has 128 valence electrons. The number of benzene rings is 1. The van der Waals surface area contributed by atoms with Crippen LogP contribution >= 0.6 is 11.8 Å². The lowest BCUT2D eigenvalue weighted by atomic mass is 10.3. The van der Waals surface area contributed by atoms with E-state index in [9.17, 15) is 4.79 Å². The van der Waals surface area contributed by atoms with E-state index < -0.39 is 0 Å². The van der Waals surface area contributed by atoms with Crippen molar-refractivity contribution in [2.45, 2.75) is 30.8 Å². The van der Waals surface area contributed by atoms with E-state index in [0.29, 0.717) is 6.61 Å². The molecule has 2 heterocycles. The van der Waals surface area contributed by atoms with Crippen LogP contribution in [-0.4, -0.2) is 46.2 Å². The van der Waals surface area contributed by atoms with Gasteiger partial charge in [0.2, 0.25) is 5.95 Å². The number of aromatic nitrogens is 3. The first-order valence-electron chi connectivity index (χ1n) is 7.82. The minimum Gasteiger partial charge on any atom is -0.494 e. The van der Waals surface area contributed by atoms with Crippen LogP contribution in [0.4, 0.5) is 11.6 Å². The van der Waals surface area contributed by atoms with Crippen LogP contribution in [-0.2, 0) is 16.1 Å². The zero-order valence-electron chi connectivity index (χ0n) is 13.9. The standard InChI is InChI=1S/C16H20N4O3S/c1-4-23-13-7-5-12(6-8-13)19-9-10-20-15(19)17-18-16(20)24-11(2)14(21)22-3/h5-8,11H,4,9-10H2,1-3H3. The monoisotopic (exact) mass is 348 g/mol. The van der Waals surface area contributed by atoms with Gasteiger partial charge in [-0.05, 0) is 38.1 Å². The Bertz CT molecular complexity index is 717. The molecule has 7 nitrogen and oxygen atoms in total. The fourth-order valence-electron chi connectivity index (χ4n) is 2.57. The molecule has 0 aliphatic carbocycles. The fraction of sp³-hybridized carbons (Fsp3) is 0.438. The SMILES string of the molecule is CCOc1ccc(N2CCn3c(SC(C)C(=O)OC)nnc32)cc1. The minimum absolute atomic E-state index is 0.265. The fourth-order valence-corrected chi connectivity index (χ4v) is 3.47. The normalized spacial score (nSPS) is 14.4. The lowest BCUT2D eigenvalue weighted by Crippen LogP contribution is -2.15. The van der Waals surface area contributed by atoms with Gasteiger partial charge in [-0.3, -0.25) is 9.36 Å². The summed E-state index contributed by atoms with van der Waals surface area (Å²) >= 11 is 1.36. The first kappa shape index (κ1) is 16.6. The smallest absolute Gasteiger partial charge is 0.318 e.